The number of amides is 1. The molecule has 30 heavy (non-hydrogen) atoms. The van der Waals surface area contributed by atoms with Gasteiger partial charge >= 0.3 is 5.69 Å². The zero-order valence-corrected chi connectivity index (χ0v) is 18.0. The average molecular weight is 428 g/mol. The number of hydrogen-bond donors (Lipinski definition) is 1. The van der Waals surface area contributed by atoms with E-state index >= 15 is 0 Å². The summed E-state index contributed by atoms with van der Waals surface area (Å²) in [7, 11) is 0. The standard InChI is InChI=1S/C22H25N3O4S/c1-14-15(2)30-21-19(14)20(27)24(12-16-7-4-3-5-8-16)22(28)25(21)13-18(26)23-11-17-9-6-10-29-17/h3-5,7-8,17H,6,9-13H2,1-2H3,(H,23,26). The summed E-state index contributed by atoms with van der Waals surface area (Å²) < 4.78 is 8.19. The van der Waals surface area contributed by atoms with Gasteiger partial charge in [-0.15, -0.1) is 11.3 Å². The minimum atomic E-state index is -0.468. The van der Waals surface area contributed by atoms with E-state index in [-0.39, 0.29) is 30.7 Å². The molecule has 0 spiro atoms. The quantitative estimate of drug-likeness (QED) is 0.654. The Morgan fingerprint density at radius 1 is 1.20 bits per heavy atom. The second-order valence-electron chi connectivity index (χ2n) is 7.65. The molecule has 7 nitrogen and oxygen atoms in total. The van der Waals surface area contributed by atoms with Crippen LogP contribution in [0.5, 0.6) is 0 Å². The molecule has 1 atom stereocenters. The summed E-state index contributed by atoms with van der Waals surface area (Å²) in [6.07, 6.45) is 1.96. The van der Waals surface area contributed by atoms with E-state index in [0.717, 1.165) is 35.5 Å². The van der Waals surface area contributed by atoms with Crippen molar-refractivity contribution in [2.45, 2.75) is 45.9 Å². The molecule has 1 amide bonds. The Bertz CT molecular complexity index is 1190. The summed E-state index contributed by atoms with van der Waals surface area (Å²) in [5, 5.41) is 3.38. The third-order valence-electron chi connectivity index (χ3n) is 5.57. The lowest BCUT2D eigenvalue weighted by molar-refractivity contribution is -0.122. The molecule has 3 heterocycles. The van der Waals surface area contributed by atoms with Crippen molar-refractivity contribution in [3.05, 3.63) is 67.2 Å². The number of hydrogen-bond acceptors (Lipinski definition) is 5. The van der Waals surface area contributed by atoms with Crippen LogP contribution in [-0.4, -0.2) is 34.3 Å². The third kappa shape index (κ3) is 3.97. The molecule has 3 aromatic rings. The van der Waals surface area contributed by atoms with Crippen LogP contribution in [0.4, 0.5) is 0 Å². The van der Waals surface area contributed by atoms with Gasteiger partial charge in [0.1, 0.15) is 11.4 Å². The second kappa shape index (κ2) is 8.57. The number of carbonyl (C=O) groups is 1. The van der Waals surface area contributed by atoms with Crippen molar-refractivity contribution in [3.63, 3.8) is 0 Å². The highest BCUT2D eigenvalue weighted by Gasteiger charge is 2.21. The first-order valence-corrected chi connectivity index (χ1v) is 10.9. The zero-order valence-electron chi connectivity index (χ0n) is 17.1. The van der Waals surface area contributed by atoms with Gasteiger partial charge in [0.05, 0.1) is 18.0 Å². The Balaban J connectivity index is 1.72. The number of nitrogens with one attached hydrogen (secondary N) is 1. The predicted molar refractivity (Wildman–Crippen MR) is 117 cm³/mol. The first-order valence-electron chi connectivity index (χ1n) is 10.1. The van der Waals surface area contributed by atoms with E-state index in [2.05, 4.69) is 5.32 Å². The van der Waals surface area contributed by atoms with E-state index in [4.69, 9.17) is 4.74 Å². The first kappa shape index (κ1) is 20.6. The molecule has 0 saturated carbocycles. The van der Waals surface area contributed by atoms with Crippen molar-refractivity contribution in [1.29, 1.82) is 0 Å². The van der Waals surface area contributed by atoms with Gasteiger partial charge in [-0.05, 0) is 37.8 Å². The maximum absolute atomic E-state index is 13.3. The SMILES string of the molecule is Cc1sc2c(c1C)c(=O)n(Cc1ccccc1)c(=O)n2CC(=O)NCC1CCCO1. The van der Waals surface area contributed by atoms with E-state index in [1.54, 1.807) is 0 Å². The number of fused-ring (bicyclic) bond motifs is 1. The van der Waals surface area contributed by atoms with Crippen molar-refractivity contribution < 1.29 is 9.53 Å². The molecule has 0 radical (unpaired) electrons. The Kier molecular flexibility index (Phi) is 5.87. The third-order valence-corrected chi connectivity index (χ3v) is 6.80. The highest BCUT2D eigenvalue weighted by molar-refractivity contribution is 7.18. The number of thiophene rings is 1. The van der Waals surface area contributed by atoms with Crippen LogP contribution >= 0.6 is 11.3 Å². The van der Waals surface area contributed by atoms with Crippen molar-refractivity contribution in [2.75, 3.05) is 13.2 Å². The first-order chi connectivity index (χ1) is 14.5. The summed E-state index contributed by atoms with van der Waals surface area (Å²) >= 11 is 1.38. The smallest absolute Gasteiger partial charge is 0.332 e. The molecule has 1 aliphatic heterocycles. The van der Waals surface area contributed by atoms with Crippen LogP contribution in [0.3, 0.4) is 0 Å². The lowest BCUT2D eigenvalue weighted by Gasteiger charge is -2.14. The van der Waals surface area contributed by atoms with Crippen LogP contribution in [-0.2, 0) is 22.6 Å². The number of benzene rings is 1. The van der Waals surface area contributed by atoms with Gasteiger partial charge in [0.25, 0.3) is 5.56 Å². The molecule has 1 fully saturated rings. The molecule has 2 aromatic heterocycles. The van der Waals surface area contributed by atoms with E-state index < -0.39 is 5.69 Å². The summed E-state index contributed by atoms with van der Waals surface area (Å²) in [6, 6.07) is 9.38. The maximum atomic E-state index is 13.3. The van der Waals surface area contributed by atoms with E-state index in [1.165, 1.54) is 20.5 Å². The number of carbonyl (C=O) groups excluding carboxylic acids is 1. The van der Waals surface area contributed by atoms with Gasteiger partial charge < -0.3 is 10.1 Å². The number of aryl methyl sites for hydroxylation is 2. The Morgan fingerprint density at radius 2 is 1.97 bits per heavy atom. The molecule has 1 aliphatic rings. The van der Waals surface area contributed by atoms with Gasteiger partial charge in [-0.25, -0.2) is 4.79 Å². The minimum absolute atomic E-state index is 0.0314. The fourth-order valence-corrected chi connectivity index (χ4v) is 4.92. The Morgan fingerprint density at radius 3 is 2.67 bits per heavy atom. The van der Waals surface area contributed by atoms with Crippen molar-refractivity contribution in [2.24, 2.45) is 0 Å². The minimum Gasteiger partial charge on any atom is -0.376 e. The number of aromatic nitrogens is 2. The summed E-state index contributed by atoms with van der Waals surface area (Å²) in [5.74, 6) is -0.262. The summed E-state index contributed by atoms with van der Waals surface area (Å²) in [4.78, 5) is 40.5. The highest BCUT2D eigenvalue weighted by atomic mass is 32.1. The molecule has 1 N–H and O–H groups in total. The number of rotatable bonds is 6. The summed E-state index contributed by atoms with van der Waals surface area (Å²) in [6.45, 7) is 5.00. The monoisotopic (exact) mass is 427 g/mol. The highest BCUT2D eigenvalue weighted by Crippen LogP contribution is 2.26. The van der Waals surface area contributed by atoms with Gasteiger partial charge in [-0.1, -0.05) is 30.3 Å². The molecule has 1 unspecified atom stereocenters. The zero-order chi connectivity index (χ0) is 21.3. The lowest BCUT2D eigenvalue weighted by Crippen LogP contribution is -2.43. The van der Waals surface area contributed by atoms with Crippen molar-refractivity contribution in [3.8, 4) is 0 Å². The fraction of sp³-hybridized carbons (Fsp3) is 0.409. The van der Waals surface area contributed by atoms with Crippen LogP contribution < -0.4 is 16.6 Å². The second-order valence-corrected chi connectivity index (χ2v) is 8.85. The van der Waals surface area contributed by atoms with E-state index in [0.29, 0.717) is 16.8 Å². The molecular weight excluding hydrogens is 402 g/mol. The normalized spacial score (nSPS) is 16.3. The van der Waals surface area contributed by atoms with Crippen LogP contribution in [0.1, 0.15) is 28.8 Å². The van der Waals surface area contributed by atoms with Crippen LogP contribution in [0, 0.1) is 13.8 Å². The van der Waals surface area contributed by atoms with Crippen molar-refractivity contribution in [1.82, 2.24) is 14.5 Å². The average Bonchev–Trinajstić information content (AvgIpc) is 3.36. The summed E-state index contributed by atoms with van der Waals surface area (Å²) in [5.41, 5.74) is 0.937. The van der Waals surface area contributed by atoms with Gasteiger partial charge in [-0.3, -0.25) is 18.7 Å². The maximum Gasteiger partial charge on any atom is 0.332 e. The van der Waals surface area contributed by atoms with Crippen LogP contribution in [0.25, 0.3) is 10.2 Å². The molecule has 158 valence electrons. The Hall–Kier alpha value is -2.71. The molecule has 1 saturated heterocycles. The van der Waals surface area contributed by atoms with E-state index in [9.17, 15) is 14.4 Å². The fourth-order valence-electron chi connectivity index (χ4n) is 3.78. The van der Waals surface area contributed by atoms with Gasteiger partial charge in [0, 0.05) is 18.0 Å². The number of ether oxygens (including phenoxy) is 1. The Labute approximate surface area is 177 Å². The molecule has 1 aromatic carbocycles. The van der Waals surface area contributed by atoms with Crippen LogP contribution in [0.15, 0.2) is 39.9 Å². The molecule has 0 bridgehead atoms. The largest absolute Gasteiger partial charge is 0.376 e. The molecule has 8 heteroatoms. The van der Waals surface area contributed by atoms with Gasteiger partial charge in [0.2, 0.25) is 5.91 Å². The van der Waals surface area contributed by atoms with Gasteiger partial charge in [0.15, 0.2) is 0 Å². The van der Waals surface area contributed by atoms with E-state index in [1.807, 2.05) is 44.2 Å². The number of nitrogens with zero attached hydrogens (tertiary/aromatic N) is 2. The predicted octanol–water partition coefficient (Wildman–Crippen LogP) is 2.19. The topological polar surface area (TPSA) is 82.3 Å². The van der Waals surface area contributed by atoms with Crippen molar-refractivity contribution >= 4 is 27.5 Å². The lowest BCUT2D eigenvalue weighted by atomic mass is 10.2. The molecular formula is C22H25N3O4S. The molecule has 0 aliphatic carbocycles. The van der Waals surface area contributed by atoms with Crippen LogP contribution in [0.2, 0.25) is 0 Å². The molecule has 4 rings (SSSR count). The van der Waals surface area contributed by atoms with Gasteiger partial charge in [-0.2, -0.15) is 0 Å².